The molecule has 2 rings (SSSR count). The first-order valence-electron chi connectivity index (χ1n) is 3.61. The zero-order chi connectivity index (χ0) is 9.42. The Morgan fingerprint density at radius 2 is 2.15 bits per heavy atom. The molecule has 2 aromatic rings. The van der Waals surface area contributed by atoms with Crippen LogP contribution in [0.5, 0.6) is 0 Å². The molecule has 0 spiro atoms. The molecule has 1 N–H and O–H groups in total. The van der Waals surface area contributed by atoms with Crippen LogP contribution in [-0.2, 0) is 0 Å². The van der Waals surface area contributed by atoms with Crippen molar-refractivity contribution in [3.8, 4) is 0 Å². The molecule has 0 unspecified atom stereocenters. The number of nitrogens with zero attached hydrogens (tertiary/aromatic N) is 1. The van der Waals surface area contributed by atoms with E-state index in [2.05, 4.69) is 25.9 Å². The number of H-pyrrole nitrogens is 1. The van der Waals surface area contributed by atoms with E-state index in [1.165, 1.54) is 0 Å². The monoisotopic (exact) mass is 246 g/mol. The van der Waals surface area contributed by atoms with Crippen molar-refractivity contribution in [3.63, 3.8) is 0 Å². The third-order valence-corrected chi connectivity index (χ3v) is 2.33. The number of aromatic amines is 1. The number of nitrogens with one attached hydrogen (secondary N) is 1. The van der Waals surface area contributed by atoms with Crippen LogP contribution in [0.2, 0.25) is 0 Å². The number of hydrogen-bond donors (Lipinski definition) is 1. The predicted molar refractivity (Wildman–Crippen MR) is 48.8 cm³/mol. The van der Waals surface area contributed by atoms with E-state index in [0.717, 1.165) is 0 Å². The summed E-state index contributed by atoms with van der Waals surface area (Å²) in [5.74, 6) is -0.290. The van der Waals surface area contributed by atoms with E-state index < -0.39 is 6.43 Å². The number of alkyl halides is 2. The summed E-state index contributed by atoms with van der Waals surface area (Å²) >= 11 is 3.23. The molecule has 2 nitrogen and oxygen atoms in total. The third-order valence-electron chi connectivity index (χ3n) is 1.69. The second-order valence-corrected chi connectivity index (χ2v) is 3.41. The lowest BCUT2D eigenvalue weighted by Crippen LogP contribution is -1.85. The summed E-state index contributed by atoms with van der Waals surface area (Å²) in [7, 11) is 0. The van der Waals surface area contributed by atoms with E-state index in [1.54, 1.807) is 18.2 Å². The van der Waals surface area contributed by atoms with Gasteiger partial charge in [-0.2, -0.15) is 0 Å². The molecule has 68 valence electrons. The van der Waals surface area contributed by atoms with E-state index in [0.29, 0.717) is 15.5 Å². The van der Waals surface area contributed by atoms with Crippen molar-refractivity contribution in [3.05, 3.63) is 28.5 Å². The van der Waals surface area contributed by atoms with Crippen molar-refractivity contribution < 1.29 is 8.78 Å². The van der Waals surface area contributed by atoms with Gasteiger partial charge in [0.15, 0.2) is 5.82 Å². The lowest BCUT2D eigenvalue weighted by molar-refractivity contribution is 0.142. The van der Waals surface area contributed by atoms with Crippen molar-refractivity contribution in [2.75, 3.05) is 0 Å². The normalized spacial score (nSPS) is 11.4. The summed E-state index contributed by atoms with van der Waals surface area (Å²) in [4.78, 5) is 6.30. The number of benzene rings is 1. The predicted octanol–water partition coefficient (Wildman–Crippen LogP) is 3.26. The molecule has 0 bridgehead atoms. The fraction of sp³-hybridized carbons (Fsp3) is 0.125. The zero-order valence-electron chi connectivity index (χ0n) is 6.39. The van der Waals surface area contributed by atoms with E-state index in [-0.39, 0.29) is 5.82 Å². The van der Waals surface area contributed by atoms with Gasteiger partial charge in [0.05, 0.1) is 5.52 Å². The van der Waals surface area contributed by atoms with Gasteiger partial charge >= 0.3 is 0 Å². The second kappa shape index (κ2) is 3.06. The van der Waals surface area contributed by atoms with E-state index >= 15 is 0 Å². The summed E-state index contributed by atoms with van der Waals surface area (Å²) in [6.07, 6.45) is -2.56. The van der Waals surface area contributed by atoms with Crippen molar-refractivity contribution in [1.29, 1.82) is 0 Å². The van der Waals surface area contributed by atoms with Crippen LogP contribution in [0.3, 0.4) is 0 Å². The number of rotatable bonds is 1. The fourth-order valence-corrected chi connectivity index (χ4v) is 1.57. The van der Waals surface area contributed by atoms with Gasteiger partial charge in [0.1, 0.15) is 5.52 Å². The van der Waals surface area contributed by atoms with Crippen molar-refractivity contribution >= 4 is 27.0 Å². The largest absolute Gasteiger partial charge is 0.337 e. The van der Waals surface area contributed by atoms with Gasteiger partial charge in [-0.05, 0) is 28.1 Å². The SMILES string of the molecule is FC(F)c1nc2c(Br)cccc2[nH]1. The summed E-state index contributed by atoms with van der Waals surface area (Å²) in [6.45, 7) is 0. The first-order valence-corrected chi connectivity index (χ1v) is 4.40. The molecule has 0 aliphatic carbocycles. The first kappa shape index (κ1) is 8.62. The molecule has 0 aliphatic heterocycles. The molecule has 1 aromatic heterocycles. The molecule has 0 aliphatic rings. The molecule has 1 aromatic carbocycles. The second-order valence-electron chi connectivity index (χ2n) is 2.56. The number of para-hydroxylation sites is 1. The smallest absolute Gasteiger partial charge is 0.295 e. The molecule has 0 fully saturated rings. The molecule has 1 heterocycles. The Kier molecular flexibility index (Phi) is 2.03. The van der Waals surface area contributed by atoms with Crippen molar-refractivity contribution in [2.24, 2.45) is 0 Å². The Bertz CT molecular complexity index is 439. The molecular weight excluding hydrogens is 242 g/mol. The Hall–Kier alpha value is -0.970. The number of hydrogen-bond acceptors (Lipinski definition) is 1. The highest BCUT2D eigenvalue weighted by Gasteiger charge is 2.13. The van der Waals surface area contributed by atoms with Gasteiger partial charge < -0.3 is 4.98 Å². The van der Waals surface area contributed by atoms with Gasteiger partial charge in [-0.15, -0.1) is 0 Å². The third kappa shape index (κ3) is 1.44. The molecule has 13 heavy (non-hydrogen) atoms. The topological polar surface area (TPSA) is 28.7 Å². The van der Waals surface area contributed by atoms with Crippen LogP contribution >= 0.6 is 15.9 Å². The summed E-state index contributed by atoms with van der Waals surface area (Å²) in [6, 6.07) is 5.23. The molecule has 5 heteroatoms. The Labute approximate surface area is 81.1 Å². The minimum absolute atomic E-state index is 0.290. The average molecular weight is 247 g/mol. The van der Waals surface area contributed by atoms with Gasteiger partial charge in [0.25, 0.3) is 6.43 Å². The van der Waals surface area contributed by atoms with Crippen LogP contribution in [0.1, 0.15) is 12.2 Å². The molecule has 0 amide bonds. The summed E-state index contributed by atoms with van der Waals surface area (Å²) in [5, 5.41) is 0. The highest BCUT2D eigenvalue weighted by atomic mass is 79.9. The van der Waals surface area contributed by atoms with Crippen LogP contribution in [0.4, 0.5) is 8.78 Å². The van der Waals surface area contributed by atoms with E-state index in [9.17, 15) is 8.78 Å². The first-order chi connectivity index (χ1) is 6.18. The highest BCUT2D eigenvalue weighted by molar-refractivity contribution is 9.10. The highest BCUT2D eigenvalue weighted by Crippen LogP contribution is 2.24. The minimum atomic E-state index is -2.56. The maximum absolute atomic E-state index is 12.2. The lowest BCUT2D eigenvalue weighted by atomic mass is 10.3. The van der Waals surface area contributed by atoms with E-state index in [4.69, 9.17) is 0 Å². The quantitative estimate of drug-likeness (QED) is 0.823. The average Bonchev–Trinajstić information content (AvgIpc) is 2.49. The molecule has 0 saturated carbocycles. The fourth-order valence-electron chi connectivity index (χ4n) is 1.12. The number of halogens is 3. The van der Waals surface area contributed by atoms with Crippen LogP contribution < -0.4 is 0 Å². The van der Waals surface area contributed by atoms with Crippen molar-refractivity contribution in [2.45, 2.75) is 6.43 Å². The van der Waals surface area contributed by atoms with Crippen LogP contribution in [0, 0.1) is 0 Å². The minimum Gasteiger partial charge on any atom is -0.337 e. The zero-order valence-corrected chi connectivity index (χ0v) is 7.98. The van der Waals surface area contributed by atoms with Gasteiger partial charge in [-0.3, -0.25) is 0 Å². The van der Waals surface area contributed by atoms with Gasteiger partial charge in [0, 0.05) is 4.47 Å². The molecule has 0 atom stereocenters. The molecular formula is C8H5BrF2N2. The molecule has 0 saturated heterocycles. The van der Waals surface area contributed by atoms with Crippen LogP contribution in [0.25, 0.3) is 11.0 Å². The maximum Gasteiger partial charge on any atom is 0.295 e. The Morgan fingerprint density at radius 1 is 1.38 bits per heavy atom. The lowest BCUT2D eigenvalue weighted by Gasteiger charge is -1.88. The summed E-state index contributed by atoms with van der Waals surface area (Å²) < 4.78 is 25.2. The molecule has 0 radical (unpaired) electrons. The maximum atomic E-state index is 12.2. The Balaban J connectivity index is 2.68. The number of fused-ring (bicyclic) bond motifs is 1. The van der Waals surface area contributed by atoms with Crippen LogP contribution in [-0.4, -0.2) is 9.97 Å². The number of aromatic nitrogens is 2. The van der Waals surface area contributed by atoms with Gasteiger partial charge in [-0.1, -0.05) is 6.07 Å². The van der Waals surface area contributed by atoms with Gasteiger partial charge in [-0.25, -0.2) is 13.8 Å². The van der Waals surface area contributed by atoms with Crippen LogP contribution in [0.15, 0.2) is 22.7 Å². The van der Waals surface area contributed by atoms with E-state index in [1.807, 2.05) is 0 Å². The van der Waals surface area contributed by atoms with Crippen molar-refractivity contribution in [1.82, 2.24) is 9.97 Å². The van der Waals surface area contributed by atoms with Gasteiger partial charge in [0.2, 0.25) is 0 Å². The number of imidazole rings is 1. The Morgan fingerprint density at radius 3 is 2.77 bits per heavy atom. The summed E-state index contributed by atoms with van der Waals surface area (Å²) in [5.41, 5.74) is 1.16. The standard InChI is InChI=1S/C8H5BrF2N2/c9-4-2-1-3-5-6(4)13-8(12-5)7(10)11/h1-3,7H,(H,12,13).